The minimum Gasteiger partial charge on any atom is -0.371 e. The Morgan fingerprint density at radius 2 is 1.91 bits per heavy atom. The molecule has 0 aromatic rings. The average Bonchev–Trinajstić information content (AvgIpc) is 1.82. The smallest absolute Gasteiger partial charge is 0.155 e. The number of carbonyl (C=O) groups is 1. The molecule has 0 amide bonds. The van der Waals surface area contributed by atoms with Crippen LogP contribution in [0.5, 0.6) is 0 Å². The first-order valence-electron chi connectivity index (χ1n) is 4.13. The lowest BCUT2D eigenvalue weighted by Gasteiger charge is -2.13. The lowest BCUT2D eigenvalue weighted by Crippen LogP contribution is -2.15. The molecule has 1 atom stereocenters. The first-order valence-corrected chi connectivity index (χ1v) is 4.13. The van der Waals surface area contributed by atoms with E-state index in [1.54, 1.807) is 6.92 Å². The summed E-state index contributed by atoms with van der Waals surface area (Å²) < 4.78 is 5.26. The zero-order chi connectivity index (χ0) is 8.85. The number of ketones is 1. The van der Waals surface area contributed by atoms with Gasteiger partial charge in [-0.25, -0.2) is 0 Å². The lowest BCUT2D eigenvalue weighted by molar-refractivity contribution is -0.123. The molecule has 0 bridgehead atoms. The SMILES string of the molecule is CC(=O)CO[C@H](C)CC(C)C. The van der Waals surface area contributed by atoms with E-state index in [0.29, 0.717) is 5.92 Å². The highest BCUT2D eigenvalue weighted by Crippen LogP contribution is 2.06. The van der Waals surface area contributed by atoms with Crippen LogP contribution in [0.3, 0.4) is 0 Å². The van der Waals surface area contributed by atoms with E-state index in [9.17, 15) is 4.79 Å². The first-order chi connectivity index (χ1) is 5.02. The van der Waals surface area contributed by atoms with Crippen LogP contribution in [-0.2, 0) is 9.53 Å². The normalized spacial score (nSPS) is 13.5. The Morgan fingerprint density at radius 1 is 1.36 bits per heavy atom. The van der Waals surface area contributed by atoms with Crippen molar-refractivity contribution >= 4 is 5.78 Å². The van der Waals surface area contributed by atoms with Crippen LogP contribution >= 0.6 is 0 Å². The van der Waals surface area contributed by atoms with Gasteiger partial charge in [-0.05, 0) is 26.2 Å². The minimum atomic E-state index is 0.0978. The Morgan fingerprint density at radius 3 is 2.27 bits per heavy atom. The number of carbonyl (C=O) groups excluding carboxylic acids is 1. The first kappa shape index (κ1) is 10.6. The molecule has 0 aromatic heterocycles. The largest absolute Gasteiger partial charge is 0.371 e. The van der Waals surface area contributed by atoms with Crippen molar-refractivity contribution in [3.8, 4) is 0 Å². The van der Waals surface area contributed by atoms with Gasteiger partial charge in [0.15, 0.2) is 5.78 Å². The molecule has 0 heterocycles. The van der Waals surface area contributed by atoms with Crippen LogP contribution in [0.2, 0.25) is 0 Å². The summed E-state index contributed by atoms with van der Waals surface area (Å²) in [7, 11) is 0. The monoisotopic (exact) mass is 158 g/mol. The summed E-state index contributed by atoms with van der Waals surface area (Å²) >= 11 is 0. The van der Waals surface area contributed by atoms with E-state index < -0.39 is 0 Å². The van der Waals surface area contributed by atoms with Crippen LogP contribution in [-0.4, -0.2) is 18.5 Å². The summed E-state index contributed by atoms with van der Waals surface area (Å²) in [5.41, 5.74) is 0. The Kier molecular flexibility index (Phi) is 5.12. The third-order valence-corrected chi connectivity index (χ3v) is 1.37. The highest BCUT2D eigenvalue weighted by molar-refractivity contribution is 5.76. The van der Waals surface area contributed by atoms with Gasteiger partial charge in [-0.2, -0.15) is 0 Å². The fourth-order valence-corrected chi connectivity index (χ4v) is 0.992. The molecule has 0 aliphatic carbocycles. The number of rotatable bonds is 5. The van der Waals surface area contributed by atoms with Gasteiger partial charge in [-0.15, -0.1) is 0 Å². The molecule has 0 saturated carbocycles. The van der Waals surface area contributed by atoms with Crippen LogP contribution in [0.15, 0.2) is 0 Å². The second kappa shape index (κ2) is 5.30. The molecule has 2 heteroatoms. The predicted molar refractivity (Wildman–Crippen MR) is 45.6 cm³/mol. The van der Waals surface area contributed by atoms with Gasteiger partial charge >= 0.3 is 0 Å². The molecular weight excluding hydrogens is 140 g/mol. The van der Waals surface area contributed by atoms with Crippen molar-refractivity contribution in [1.82, 2.24) is 0 Å². The van der Waals surface area contributed by atoms with Crippen LogP contribution < -0.4 is 0 Å². The van der Waals surface area contributed by atoms with Crippen molar-refractivity contribution in [2.75, 3.05) is 6.61 Å². The van der Waals surface area contributed by atoms with Crippen molar-refractivity contribution in [3.63, 3.8) is 0 Å². The number of Topliss-reactive ketones (excluding diaryl/α,β-unsaturated/α-hetero) is 1. The molecular formula is C9H18O2. The third kappa shape index (κ3) is 7.53. The predicted octanol–water partition coefficient (Wildman–Crippen LogP) is 2.03. The second-order valence-corrected chi connectivity index (χ2v) is 3.45. The summed E-state index contributed by atoms with van der Waals surface area (Å²) in [6.07, 6.45) is 1.23. The van der Waals surface area contributed by atoms with Gasteiger partial charge in [0.2, 0.25) is 0 Å². The Balaban J connectivity index is 3.37. The molecule has 0 aliphatic rings. The lowest BCUT2D eigenvalue weighted by atomic mass is 10.1. The third-order valence-electron chi connectivity index (χ3n) is 1.37. The molecule has 0 N–H and O–H groups in total. The summed E-state index contributed by atoms with van der Waals surface area (Å²) in [6, 6.07) is 0. The fourth-order valence-electron chi connectivity index (χ4n) is 0.992. The van der Waals surface area contributed by atoms with Crippen LogP contribution in [0, 0.1) is 5.92 Å². The van der Waals surface area contributed by atoms with E-state index >= 15 is 0 Å². The second-order valence-electron chi connectivity index (χ2n) is 3.45. The molecule has 0 unspecified atom stereocenters. The zero-order valence-corrected chi connectivity index (χ0v) is 7.89. The Hall–Kier alpha value is -0.370. The maximum atomic E-state index is 10.5. The minimum absolute atomic E-state index is 0.0978. The van der Waals surface area contributed by atoms with E-state index in [2.05, 4.69) is 13.8 Å². The molecule has 11 heavy (non-hydrogen) atoms. The van der Waals surface area contributed by atoms with Gasteiger partial charge in [-0.1, -0.05) is 13.8 Å². The Bertz CT molecular complexity index is 119. The van der Waals surface area contributed by atoms with Crippen molar-refractivity contribution < 1.29 is 9.53 Å². The summed E-state index contributed by atoms with van der Waals surface area (Å²) in [4.78, 5) is 10.5. The van der Waals surface area contributed by atoms with E-state index in [1.165, 1.54) is 0 Å². The molecule has 0 saturated heterocycles. The maximum absolute atomic E-state index is 10.5. The highest BCUT2D eigenvalue weighted by atomic mass is 16.5. The van der Waals surface area contributed by atoms with E-state index in [4.69, 9.17) is 4.74 Å². The van der Waals surface area contributed by atoms with Gasteiger partial charge in [0.25, 0.3) is 0 Å². The Labute approximate surface area is 68.9 Å². The topological polar surface area (TPSA) is 26.3 Å². The summed E-state index contributed by atoms with van der Waals surface area (Å²) in [5.74, 6) is 0.734. The molecule has 0 radical (unpaired) electrons. The average molecular weight is 158 g/mol. The van der Waals surface area contributed by atoms with Crippen molar-refractivity contribution in [3.05, 3.63) is 0 Å². The molecule has 0 rings (SSSR count). The highest BCUT2D eigenvalue weighted by Gasteiger charge is 2.05. The quantitative estimate of drug-likeness (QED) is 0.612. The molecule has 0 spiro atoms. The molecule has 2 nitrogen and oxygen atoms in total. The molecule has 0 aliphatic heterocycles. The molecule has 66 valence electrons. The standard InChI is InChI=1S/C9H18O2/c1-7(2)5-9(4)11-6-8(3)10/h7,9H,5-6H2,1-4H3/t9-/m1/s1. The van der Waals surface area contributed by atoms with Crippen LogP contribution in [0.1, 0.15) is 34.1 Å². The van der Waals surface area contributed by atoms with Crippen molar-refractivity contribution in [2.45, 2.75) is 40.2 Å². The van der Waals surface area contributed by atoms with Gasteiger partial charge < -0.3 is 4.74 Å². The van der Waals surface area contributed by atoms with Gasteiger partial charge in [0.05, 0.1) is 6.10 Å². The van der Waals surface area contributed by atoms with Gasteiger partial charge in [0, 0.05) is 0 Å². The summed E-state index contributed by atoms with van der Waals surface area (Å²) in [5, 5.41) is 0. The number of ether oxygens (including phenoxy) is 1. The van der Waals surface area contributed by atoms with E-state index in [0.717, 1.165) is 6.42 Å². The van der Waals surface area contributed by atoms with Gasteiger partial charge in [-0.3, -0.25) is 4.79 Å². The molecule has 0 fully saturated rings. The van der Waals surface area contributed by atoms with Crippen molar-refractivity contribution in [2.24, 2.45) is 5.92 Å². The fraction of sp³-hybridized carbons (Fsp3) is 0.889. The van der Waals surface area contributed by atoms with Crippen molar-refractivity contribution in [1.29, 1.82) is 0 Å². The maximum Gasteiger partial charge on any atom is 0.155 e. The van der Waals surface area contributed by atoms with Crippen LogP contribution in [0.25, 0.3) is 0 Å². The van der Waals surface area contributed by atoms with E-state index in [1.807, 2.05) is 6.92 Å². The van der Waals surface area contributed by atoms with Gasteiger partial charge in [0.1, 0.15) is 6.61 Å². The zero-order valence-electron chi connectivity index (χ0n) is 7.89. The number of hydrogen-bond donors (Lipinski definition) is 0. The molecule has 0 aromatic carbocycles. The summed E-state index contributed by atoms with van der Waals surface area (Å²) in [6.45, 7) is 8.10. The number of hydrogen-bond acceptors (Lipinski definition) is 2. The van der Waals surface area contributed by atoms with E-state index in [-0.39, 0.29) is 18.5 Å². The van der Waals surface area contributed by atoms with Crippen LogP contribution in [0.4, 0.5) is 0 Å².